The molecule has 2 unspecified atom stereocenters. The number of allylic oxidation sites excluding steroid dienone is 2. The number of unbranched alkanes of at least 4 members (excludes halogenated alkanes) is 5. The number of hydrogen-bond acceptors (Lipinski definition) is 4. The van der Waals surface area contributed by atoms with Crippen molar-refractivity contribution in [3.8, 4) is 0 Å². The largest absolute Gasteiger partial charge is 0.464 e. The van der Waals surface area contributed by atoms with Gasteiger partial charge in [-0.1, -0.05) is 37.8 Å². The first-order valence-corrected chi connectivity index (χ1v) is 11.7. The van der Waals surface area contributed by atoms with E-state index in [4.69, 9.17) is 32.7 Å². The van der Waals surface area contributed by atoms with Crippen molar-refractivity contribution in [2.24, 2.45) is 0 Å². The molecule has 0 bridgehead atoms. The third-order valence-electron chi connectivity index (χ3n) is 4.46. The summed E-state index contributed by atoms with van der Waals surface area (Å²) >= 11 is 12.0. The molecule has 0 spiro atoms. The molecule has 2 atom stereocenters. The van der Waals surface area contributed by atoms with E-state index in [1.54, 1.807) is 7.11 Å². The molecule has 1 N–H and O–H groups in total. The van der Waals surface area contributed by atoms with Crippen LogP contribution in [0.2, 0.25) is 0 Å². The normalized spacial score (nSPS) is 13.4. The minimum atomic E-state index is -0.369. The van der Waals surface area contributed by atoms with Crippen molar-refractivity contribution in [2.45, 2.75) is 89.0 Å². The highest BCUT2D eigenvalue weighted by Crippen LogP contribution is 2.17. The van der Waals surface area contributed by atoms with Gasteiger partial charge in [-0.3, -0.25) is 9.59 Å². The lowest BCUT2D eigenvalue weighted by Gasteiger charge is -2.17. The number of alkyl halides is 2. The smallest absolute Gasteiger partial charge is 0.302 e. The number of carbonyl (C=O) groups is 2. The van der Waals surface area contributed by atoms with Crippen LogP contribution < -0.4 is 5.32 Å². The second-order valence-electron chi connectivity index (χ2n) is 7.31. The number of rotatable bonds is 19. The lowest BCUT2D eigenvalue weighted by molar-refractivity contribution is -0.143. The first-order chi connectivity index (χ1) is 14.0. The summed E-state index contributed by atoms with van der Waals surface area (Å²) in [5.74, 6) is 0.318. The van der Waals surface area contributed by atoms with Crippen molar-refractivity contribution in [2.75, 3.05) is 26.2 Å². The van der Waals surface area contributed by atoms with Gasteiger partial charge in [-0.15, -0.1) is 23.2 Å². The SMILES string of the molecule is COCC(COC(C)=O)NC(=O)CC/C=C/CCCCC(Cl)CCCCCCCl. The van der Waals surface area contributed by atoms with Crippen LogP contribution in [0.4, 0.5) is 0 Å². The molecule has 0 fully saturated rings. The maximum atomic E-state index is 12.0. The third-order valence-corrected chi connectivity index (χ3v) is 5.17. The number of amides is 1. The molecule has 0 saturated heterocycles. The Morgan fingerprint density at radius 2 is 1.62 bits per heavy atom. The molecule has 0 aromatic carbocycles. The molecule has 0 heterocycles. The van der Waals surface area contributed by atoms with Crippen LogP contribution in [0.25, 0.3) is 0 Å². The fourth-order valence-corrected chi connectivity index (χ4v) is 3.38. The molecule has 0 saturated carbocycles. The third kappa shape index (κ3) is 20.3. The van der Waals surface area contributed by atoms with Gasteiger partial charge >= 0.3 is 5.97 Å². The predicted molar refractivity (Wildman–Crippen MR) is 121 cm³/mol. The molecule has 1 amide bonds. The van der Waals surface area contributed by atoms with Crippen LogP contribution >= 0.6 is 23.2 Å². The van der Waals surface area contributed by atoms with Crippen molar-refractivity contribution in [3.63, 3.8) is 0 Å². The van der Waals surface area contributed by atoms with E-state index < -0.39 is 0 Å². The van der Waals surface area contributed by atoms with Crippen LogP contribution in [0.15, 0.2) is 12.2 Å². The van der Waals surface area contributed by atoms with Crippen molar-refractivity contribution >= 4 is 35.1 Å². The molecule has 0 aliphatic rings. The Morgan fingerprint density at radius 3 is 2.28 bits per heavy atom. The van der Waals surface area contributed by atoms with E-state index in [0.29, 0.717) is 19.4 Å². The first-order valence-electron chi connectivity index (χ1n) is 10.8. The fraction of sp³-hybridized carbons (Fsp3) is 0.818. The van der Waals surface area contributed by atoms with Gasteiger partial charge in [0.25, 0.3) is 0 Å². The Balaban J connectivity index is 3.68. The molecule has 7 heteroatoms. The summed E-state index contributed by atoms with van der Waals surface area (Å²) < 4.78 is 9.97. The zero-order chi connectivity index (χ0) is 21.7. The average Bonchev–Trinajstić information content (AvgIpc) is 2.68. The van der Waals surface area contributed by atoms with E-state index in [1.807, 2.05) is 6.08 Å². The summed E-state index contributed by atoms with van der Waals surface area (Å²) in [5.41, 5.74) is 0. The van der Waals surface area contributed by atoms with Crippen LogP contribution in [-0.4, -0.2) is 49.5 Å². The summed E-state index contributed by atoms with van der Waals surface area (Å²) in [5, 5.41) is 3.11. The van der Waals surface area contributed by atoms with E-state index >= 15 is 0 Å². The standard InChI is InChI=1S/C22H39Cl2NO4/c1-19(26)29-18-21(17-28-2)25-22(27)15-11-6-4-3-5-9-13-20(24)14-10-7-8-12-16-23/h4,6,20-21H,3,5,7-18H2,1-2H3,(H,25,27)/b6-4+. The number of carbonyl (C=O) groups excluding carboxylic acids is 2. The van der Waals surface area contributed by atoms with E-state index in [2.05, 4.69) is 11.4 Å². The molecule has 0 aliphatic carbocycles. The van der Waals surface area contributed by atoms with Gasteiger partial charge in [-0.2, -0.15) is 0 Å². The van der Waals surface area contributed by atoms with Crippen LogP contribution in [0.1, 0.15) is 77.6 Å². The Labute approximate surface area is 186 Å². The highest BCUT2D eigenvalue weighted by molar-refractivity contribution is 6.20. The van der Waals surface area contributed by atoms with Crippen LogP contribution in [-0.2, 0) is 19.1 Å². The molecule has 0 aromatic heterocycles. The van der Waals surface area contributed by atoms with Crippen LogP contribution in [0.5, 0.6) is 0 Å². The molecule has 0 radical (unpaired) electrons. The van der Waals surface area contributed by atoms with E-state index in [-0.39, 0.29) is 29.9 Å². The summed E-state index contributed by atoms with van der Waals surface area (Å²) in [6.07, 6.45) is 15.4. The topological polar surface area (TPSA) is 64.6 Å². The van der Waals surface area contributed by atoms with Gasteiger partial charge in [-0.05, 0) is 38.5 Å². The van der Waals surface area contributed by atoms with Gasteiger partial charge in [0, 0.05) is 31.7 Å². The second kappa shape index (κ2) is 20.5. The number of nitrogens with one attached hydrogen (secondary N) is 1. The second-order valence-corrected chi connectivity index (χ2v) is 8.30. The quantitative estimate of drug-likeness (QED) is 0.124. The minimum Gasteiger partial charge on any atom is -0.464 e. The van der Waals surface area contributed by atoms with Crippen molar-refractivity contribution in [1.29, 1.82) is 0 Å². The summed E-state index contributed by atoms with van der Waals surface area (Å²) in [7, 11) is 1.55. The van der Waals surface area contributed by atoms with E-state index in [1.165, 1.54) is 26.2 Å². The highest BCUT2D eigenvalue weighted by Gasteiger charge is 2.13. The van der Waals surface area contributed by atoms with Gasteiger partial charge in [0.2, 0.25) is 5.91 Å². The van der Waals surface area contributed by atoms with Crippen molar-refractivity contribution < 1.29 is 19.1 Å². The number of hydrogen-bond donors (Lipinski definition) is 1. The van der Waals surface area contributed by atoms with Crippen LogP contribution in [0, 0.1) is 0 Å². The summed E-state index contributed by atoms with van der Waals surface area (Å²) in [6.45, 7) is 1.78. The van der Waals surface area contributed by atoms with Gasteiger partial charge in [0.1, 0.15) is 6.61 Å². The molecule has 0 aliphatic heterocycles. The van der Waals surface area contributed by atoms with E-state index in [0.717, 1.165) is 44.4 Å². The maximum absolute atomic E-state index is 12.0. The minimum absolute atomic E-state index is 0.0696. The number of esters is 1. The Morgan fingerprint density at radius 1 is 0.966 bits per heavy atom. The van der Waals surface area contributed by atoms with E-state index in [9.17, 15) is 9.59 Å². The fourth-order valence-electron chi connectivity index (χ4n) is 2.89. The molecule has 170 valence electrons. The zero-order valence-electron chi connectivity index (χ0n) is 18.1. The Kier molecular flexibility index (Phi) is 19.9. The van der Waals surface area contributed by atoms with Gasteiger partial charge in [0.15, 0.2) is 0 Å². The van der Waals surface area contributed by atoms with Gasteiger partial charge in [0.05, 0.1) is 12.6 Å². The Hall–Kier alpha value is -0.780. The average molecular weight is 452 g/mol. The highest BCUT2D eigenvalue weighted by atomic mass is 35.5. The monoisotopic (exact) mass is 451 g/mol. The summed E-state index contributed by atoms with van der Waals surface area (Å²) in [4.78, 5) is 22.8. The summed E-state index contributed by atoms with van der Waals surface area (Å²) in [6, 6.07) is -0.316. The molecule has 0 aromatic rings. The molecular weight excluding hydrogens is 413 g/mol. The maximum Gasteiger partial charge on any atom is 0.302 e. The number of methoxy groups -OCH3 is 1. The molecule has 29 heavy (non-hydrogen) atoms. The number of ether oxygens (including phenoxy) is 2. The molecular formula is C22H39Cl2NO4. The van der Waals surface area contributed by atoms with Crippen molar-refractivity contribution in [3.05, 3.63) is 12.2 Å². The molecule has 5 nitrogen and oxygen atoms in total. The van der Waals surface area contributed by atoms with Gasteiger partial charge in [-0.25, -0.2) is 0 Å². The zero-order valence-corrected chi connectivity index (χ0v) is 19.6. The molecule has 0 rings (SSSR count). The Bertz CT molecular complexity index is 447. The predicted octanol–water partition coefficient (Wildman–Crippen LogP) is 5.37. The van der Waals surface area contributed by atoms with Gasteiger partial charge < -0.3 is 14.8 Å². The number of halogens is 2. The lowest BCUT2D eigenvalue weighted by Crippen LogP contribution is -2.41. The van der Waals surface area contributed by atoms with Crippen molar-refractivity contribution in [1.82, 2.24) is 5.32 Å². The van der Waals surface area contributed by atoms with Crippen LogP contribution in [0.3, 0.4) is 0 Å². The first kappa shape index (κ1) is 28.2. The lowest BCUT2D eigenvalue weighted by atomic mass is 10.1.